The number of rotatable bonds is 5. The standard InChI is InChI=1S/C52H31N3O2S/c1-4-14-32(15-5-1)49-53-50(55-51(54-49)34-24-26-38-37-20-11-13-23-45(37)58-46(38)31-34)33-25-28-42-44(30-33)56-43-29-27-41-47(48(43)57-42)39-21-10-12-22-40(39)52(41,35-16-6-2-7-17-35)36-18-8-3-9-19-36/h1-31H. The summed E-state index contributed by atoms with van der Waals surface area (Å²) in [6, 6.07) is 65.5. The van der Waals surface area contributed by atoms with Crippen molar-refractivity contribution in [3.63, 3.8) is 0 Å². The highest BCUT2D eigenvalue weighted by Crippen LogP contribution is 2.62. The number of nitrogens with zero attached hydrogens (tertiary/aromatic N) is 3. The molecule has 0 bridgehead atoms. The van der Waals surface area contributed by atoms with E-state index in [1.165, 1.54) is 36.9 Å². The van der Waals surface area contributed by atoms with Crippen molar-refractivity contribution in [2.45, 2.75) is 5.41 Å². The summed E-state index contributed by atoms with van der Waals surface area (Å²) in [5, 5.41) is 2.49. The molecule has 0 unspecified atom stereocenters. The van der Waals surface area contributed by atoms with E-state index in [-0.39, 0.29) is 0 Å². The number of thiophene rings is 1. The van der Waals surface area contributed by atoms with Gasteiger partial charge in [-0.05, 0) is 64.2 Å². The van der Waals surface area contributed by atoms with E-state index in [0.29, 0.717) is 40.5 Å². The van der Waals surface area contributed by atoms with Gasteiger partial charge in [-0.1, -0.05) is 152 Å². The Bertz CT molecular complexity index is 3200. The predicted molar refractivity (Wildman–Crippen MR) is 233 cm³/mol. The average molecular weight is 762 g/mol. The molecule has 1 aliphatic carbocycles. The maximum Gasteiger partial charge on any atom is 0.178 e. The average Bonchev–Trinajstić information content (AvgIpc) is 3.82. The molecule has 0 atom stereocenters. The van der Waals surface area contributed by atoms with Gasteiger partial charge in [0.2, 0.25) is 0 Å². The van der Waals surface area contributed by atoms with Gasteiger partial charge >= 0.3 is 0 Å². The fourth-order valence-electron chi connectivity index (χ4n) is 8.92. The van der Waals surface area contributed by atoms with Gasteiger partial charge in [0.05, 0.1) is 5.41 Å². The van der Waals surface area contributed by atoms with Gasteiger partial charge in [0, 0.05) is 42.4 Å². The highest BCUT2D eigenvalue weighted by Gasteiger charge is 2.48. The largest absolute Gasteiger partial charge is 0.449 e. The molecule has 0 saturated heterocycles. The fraction of sp³-hybridized carbons (Fsp3) is 0.0192. The van der Waals surface area contributed by atoms with Crippen molar-refractivity contribution in [1.82, 2.24) is 15.0 Å². The second-order valence-electron chi connectivity index (χ2n) is 14.7. The van der Waals surface area contributed by atoms with Gasteiger partial charge in [-0.2, -0.15) is 0 Å². The summed E-state index contributed by atoms with van der Waals surface area (Å²) in [7, 11) is 0. The molecule has 58 heavy (non-hydrogen) atoms. The van der Waals surface area contributed by atoms with E-state index in [1.54, 1.807) is 11.3 Å². The van der Waals surface area contributed by atoms with Crippen LogP contribution in [0.4, 0.5) is 0 Å². The van der Waals surface area contributed by atoms with Crippen molar-refractivity contribution in [3.05, 3.63) is 210 Å². The quantitative estimate of drug-likeness (QED) is 0.175. The first-order chi connectivity index (χ1) is 28.7. The molecule has 0 radical (unpaired) electrons. The van der Waals surface area contributed by atoms with Gasteiger partial charge in [0.1, 0.15) is 0 Å². The SMILES string of the molecule is c1ccc(-c2nc(-c3ccc4c(c3)Oc3ccc5c(c3O4)-c3ccccc3C5(c3ccccc3)c3ccccc3)nc(-c3ccc4c(c3)sc3ccccc34)n2)cc1. The lowest BCUT2D eigenvalue weighted by atomic mass is 9.68. The molecule has 12 rings (SSSR count). The third kappa shape index (κ3) is 4.92. The van der Waals surface area contributed by atoms with Crippen LogP contribution in [0.5, 0.6) is 23.0 Å². The van der Waals surface area contributed by atoms with Crippen LogP contribution in [0.25, 0.3) is 65.5 Å². The maximum absolute atomic E-state index is 6.91. The number of fused-ring (bicyclic) bond motifs is 9. The van der Waals surface area contributed by atoms with E-state index in [1.807, 2.05) is 48.5 Å². The highest BCUT2D eigenvalue weighted by molar-refractivity contribution is 7.25. The zero-order valence-electron chi connectivity index (χ0n) is 31.0. The summed E-state index contributed by atoms with van der Waals surface area (Å²) in [5.41, 5.74) is 9.06. The molecule has 2 aromatic heterocycles. The smallest absolute Gasteiger partial charge is 0.178 e. The van der Waals surface area contributed by atoms with E-state index >= 15 is 0 Å². The molecular formula is C52H31N3O2S. The van der Waals surface area contributed by atoms with E-state index in [9.17, 15) is 0 Å². The minimum absolute atomic E-state index is 0.536. The lowest BCUT2D eigenvalue weighted by Crippen LogP contribution is -2.28. The molecule has 0 spiro atoms. The molecule has 5 nitrogen and oxygen atoms in total. The van der Waals surface area contributed by atoms with E-state index in [2.05, 4.69) is 140 Å². The Morgan fingerprint density at radius 2 is 0.983 bits per heavy atom. The molecular weight excluding hydrogens is 731 g/mol. The summed E-state index contributed by atoms with van der Waals surface area (Å²) in [6.07, 6.45) is 0. The molecule has 10 aromatic rings. The topological polar surface area (TPSA) is 57.1 Å². The van der Waals surface area contributed by atoms with Crippen molar-refractivity contribution >= 4 is 31.5 Å². The molecule has 1 aliphatic heterocycles. The van der Waals surface area contributed by atoms with Gasteiger partial charge in [-0.25, -0.2) is 15.0 Å². The molecule has 8 aromatic carbocycles. The summed E-state index contributed by atoms with van der Waals surface area (Å²) in [5.74, 6) is 4.37. The van der Waals surface area contributed by atoms with Crippen molar-refractivity contribution in [2.75, 3.05) is 0 Å². The second kappa shape index (κ2) is 12.8. The normalized spacial score (nSPS) is 13.2. The Balaban J connectivity index is 0.976. The van der Waals surface area contributed by atoms with Crippen LogP contribution in [0.2, 0.25) is 0 Å². The monoisotopic (exact) mass is 761 g/mol. The van der Waals surface area contributed by atoms with Crippen molar-refractivity contribution < 1.29 is 9.47 Å². The van der Waals surface area contributed by atoms with Gasteiger partial charge < -0.3 is 9.47 Å². The Morgan fingerprint density at radius 1 is 0.397 bits per heavy atom. The molecule has 6 heteroatoms. The maximum atomic E-state index is 6.91. The predicted octanol–water partition coefficient (Wildman–Crippen LogP) is 13.5. The Kier molecular flexibility index (Phi) is 7.25. The third-order valence-corrected chi connectivity index (χ3v) is 12.6. The molecule has 2 aliphatic rings. The first-order valence-electron chi connectivity index (χ1n) is 19.3. The Morgan fingerprint density at radius 3 is 1.74 bits per heavy atom. The molecule has 0 N–H and O–H groups in total. The van der Waals surface area contributed by atoms with Crippen LogP contribution >= 0.6 is 11.3 Å². The Labute approximate surface area is 338 Å². The van der Waals surface area contributed by atoms with Gasteiger partial charge in [-0.3, -0.25) is 0 Å². The highest BCUT2D eigenvalue weighted by atomic mass is 32.1. The van der Waals surface area contributed by atoms with Crippen LogP contribution in [0.15, 0.2) is 188 Å². The zero-order chi connectivity index (χ0) is 38.2. The number of hydrogen-bond donors (Lipinski definition) is 0. The van der Waals surface area contributed by atoms with Crippen LogP contribution in [0.1, 0.15) is 22.3 Å². The lowest BCUT2D eigenvalue weighted by Gasteiger charge is -2.34. The summed E-state index contributed by atoms with van der Waals surface area (Å²) >= 11 is 1.78. The number of benzene rings is 8. The van der Waals surface area contributed by atoms with Gasteiger partial charge in [0.15, 0.2) is 40.5 Å². The first-order valence-corrected chi connectivity index (χ1v) is 20.2. The van der Waals surface area contributed by atoms with E-state index in [0.717, 1.165) is 33.4 Å². The first kappa shape index (κ1) is 32.8. The van der Waals surface area contributed by atoms with Gasteiger partial charge in [-0.15, -0.1) is 11.3 Å². The lowest BCUT2D eigenvalue weighted by molar-refractivity contribution is 0.360. The van der Waals surface area contributed by atoms with Gasteiger partial charge in [0.25, 0.3) is 0 Å². The molecule has 0 saturated carbocycles. The van der Waals surface area contributed by atoms with Crippen molar-refractivity contribution in [1.29, 1.82) is 0 Å². The molecule has 3 heterocycles. The van der Waals surface area contributed by atoms with Crippen LogP contribution in [0.3, 0.4) is 0 Å². The Hall–Kier alpha value is -7.41. The van der Waals surface area contributed by atoms with Crippen molar-refractivity contribution in [2.24, 2.45) is 0 Å². The molecule has 0 amide bonds. The molecule has 0 fully saturated rings. The number of hydrogen-bond acceptors (Lipinski definition) is 6. The van der Waals surface area contributed by atoms with Crippen molar-refractivity contribution in [3.8, 4) is 68.3 Å². The van der Waals surface area contributed by atoms with E-state index < -0.39 is 5.41 Å². The van der Waals surface area contributed by atoms with Crippen LogP contribution in [0, 0.1) is 0 Å². The number of ether oxygens (including phenoxy) is 2. The zero-order valence-corrected chi connectivity index (χ0v) is 31.8. The van der Waals surface area contributed by atoms with Crippen LogP contribution in [-0.2, 0) is 5.41 Å². The summed E-state index contributed by atoms with van der Waals surface area (Å²) in [6.45, 7) is 0. The fourth-order valence-corrected chi connectivity index (χ4v) is 10.1. The van der Waals surface area contributed by atoms with Crippen LogP contribution in [-0.4, -0.2) is 15.0 Å². The second-order valence-corrected chi connectivity index (χ2v) is 15.8. The summed E-state index contributed by atoms with van der Waals surface area (Å²) < 4.78 is 16.1. The van der Waals surface area contributed by atoms with Crippen LogP contribution < -0.4 is 9.47 Å². The number of aromatic nitrogens is 3. The third-order valence-electron chi connectivity index (χ3n) is 11.5. The minimum atomic E-state index is -0.536. The molecule has 272 valence electrons. The summed E-state index contributed by atoms with van der Waals surface area (Å²) in [4.78, 5) is 15.1. The minimum Gasteiger partial charge on any atom is -0.449 e. The van der Waals surface area contributed by atoms with E-state index in [4.69, 9.17) is 24.4 Å².